The molecule has 1 saturated heterocycles. The Kier molecular flexibility index (Phi) is 8.52. The Labute approximate surface area is 230 Å². The van der Waals surface area contributed by atoms with Crippen LogP contribution in [0.4, 0.5) is 4.79 Å². The quantitative estimate of drug-likeness (QED) is 0.414. The van der Waals surface area contributed by atoms with Crippen molar-refractivity contribution >= 4 is 49.5 Å². The summed E-state index contributed by atoms with van der Waals surface area (Å²) in [5.41, 5.74) is 2.99. The zero-order valence-electron chi connectivity index (χ0n) is 22.2. The number of benzene rings is 2. The first-order valence-corrected chi connectivity index (χ1v) is 14.6. The summed E-state index contributed by atoms with van der Waals surface area (Å²) in [6, 6.07) is 9.54. The molecule has 1 fully saturated rings. The summed E-state index contributed by atoms with van der Waals surface area (Å²) in [4.78, 5) is 43.2. The van der Waals surface area contributed by atoms with Crippen LogP contribution < -0.4 is 4.80 Å². The van der Waals surface area contributed by atoms with Crippen LogP contribution >= 0.6 is 11.3 Å². The molecule has 11 nitrogen and oxygen atoms in total. The van der Waals surface area contributed by atoms with Crippen molar-refractivity contribution in [1.29, 1.82) is 0 Å². The fraction of sp³-hybridized carbons (Fsp3) is 0.385. The second-order valence-electron chi connectivity index (χ2n) is 9.01. The van der Waals surface area contributed by atoms with E-state index in [2.05, 4.69) is 4.99 Å². The van der Waals surface area contributed by atoms with Gasteiger partial charge >= 0.3 is 12.1 Å². The van der Waals surface area contributed by atoms with Crippen molar-refractivity contribution in [3.05, 3.63) is 57.9 Å². The SMILES string of the molecule is CCOC(=O)N1CCN(S(=O)(=O)c2ccc(C(=O)N=c3sc4cc(C)cc(C)c4n3CC(=O)OC)cc2)CC1. The number of piperazine rings is 1. The van der Waals surface area contributed by atoms with Crippen LogP contribution in [0.1, 0.15) is 28.4 Å². The first-order valence-electron chi connectivity index (χ1n) is 12.3. The van der Waals surface area contributed by atoms with Gasteiger partial charge < -0.3 is 18.9 Å². The van der Waals surface area contributed by atoms with E-state index in [4.69, 9.17) is 9.47 Å². The molecular weight excluding hydrogens is 544 g/mol. The van der Waals surface area contributed by atoms with Gasteiger partial charge in [-0.05, 0) is 62.2 Å². The number of hydrogen-bond acceptors (Lipinski definition) is 8. The molecule has 3 aromatic rings. The van der Waals surface area contributed by atoms with Crippen LogP contribution in [0.3, 0.4) is 0 Å². The molecule has 0 unspecified atom stereocenters. The van der Waals surface area contributed by atoms with E-state index in [1.807, 2.05) is 26.0 Å². The highest BCUT2D eigenvalue weighted by atomic mass is 32.2. The van der Waals surface area contributed by atoms with Crippen LogP contribution in [0.5, 0.6) is 0 Å². The third kappa shape index (κ3) is 6.05. The van der Waals surface area contributed by atoms with Crippen LogP contribution in [0, 0.1) is 13.8 Å². The average molecular weight is 575 g/mol. The maximum atomic E-state index is 13.1. The van der Waals surface area contributed by atoms with Crippen molar-refractivity contribution in [2.45, 2.75) is 32.2 Å². The number of carbonyl (C=O) groups excluding carboxylic acids is 3. The Balaban J connectivity index is 1.58. The van der Waals surface area contributed by atoms with Gasteiger partial charge in [0.2, 0.25) is 10.0 Å². The predicted octanol–water partition coefficient (Wildman–Crippen LogP) is 2.70. The number of carbonyl (C=O) groups is 3. The molecule has 13 heteroatoms. The Hall–Kier alpha value is -3.55. The van der Waals surface area contributed by atoms with E-state index in [0.29, 0.717) is 4.80 Å². The molecule has 2 amide bonds. The molecule has 1 aliphatic heterocycles. The number of methoxy groups -OCH3 is 1. The summed E-state index contributed by atoms with van der Waals surface area (Å²) < 4.78 is 39.9. The summed E-state index contributed by atoms with van der Waals surface area (Å²) in [6.45, 7) is 6.50. The average Bonchev–Trinajstić information content (AvgIpc) is 3.25. The minimum Gasteiger partial charge on any atom is -0.468 e. The zero-order valence-corrected chi connectivity index (χ0v) is 23.8. The minimum atomic E-state index is -3.81. The van der Waals surface area contributed by atoms with Crippen molar-refractivity contribution in [2.24, 2.45) is 4.99 Å². The number of hydrogen-bond donors (Lipinski definition) is 0. The third-order valence-electron chi connectivity index (χ3n) is 6.33. The molecule has 39 heavy (non-hydrogen) atoms. The summed E-state index contributed by atoms with van der Waals surface area (Å²) in [6.07, 6.45) is -0.460. The Morgan fingerprint density at radius 3 is 2.31 bits per heavy atom. The fourth-order valence-corrected chi connectivity index (χ4v) is 7.04. The van der Waals surface area contributed by atoms with E-state index in [9.17, 15) is 22.8 Å². The van der Waals surface area contributed by atoms with Gasteiger partial charge in [0.05, 0.1) is 28.8 Å². The molecule has 0 aliphatic carbocycles. The molecule has 2 aromatic carbocycles. The number of nitrogens with zero attached hydrogens (tertiary/aromatic N) is 4. The second kappa shape index (κ2) is 11.7. The Morgan fingerprint density at radius 2 is 1.69 bits per heavy atom. The summed E-state index contributed by atoms with van der Waals surface area (Å²) >= 11 is 1.29. The summed E-state index contributed by atoms with van der Waals surface area (Å²) in [5.74, 6) is -1.04. The standard InChI is InChI=1S/C26H30N4O7S2/c1-5-37-26(33)28-10-12-29(13-11-28)39(34,35)20-8-6-19(7-9-20)24(32)27-25-30(16-22(31)36-4)23-18(3)14-17(2)15-21(23)38-25/h6-9,14-15H,5,10-13,16H2,1-4H3. The lowest BCUT2D eigenvalue weighted by atomic mass is 10.1. The van der Waals surface area contributed by atoms with E-state index in [0.717, 1.165) is 21.3 Å². The van der Waals surface area contributed by atoms with Gasteiger partial charge in [-0.1, -0.05) is 17.4 Å². The Morgan fingerprint density at radius 1 is 1.03 bits per heavy atom. The molecule has 208 valence electrons. The highest BCUT2D eigenvalue weighted by Crippen LogP contribution is 2.24. The monoisotopic (exact) mass is 574 g/mol. The van der Waals surface area contributed by atoms with E-state index in [-0.39, 0.29) is 49.8 Å². The van der Waals surface area contributed by atoms with Gasteiger partial charge in [-0.3, -0.25) is 9.59 Å². The lowest BCUT2D eigenvalue weighted by Crippen LogP contribution is -2.50. The first kappa shape index (κ1) is 28.5. The molecule has 4 rings (SSSR count). The van der Waals surface area contributed by atoms with Crippen LogP contribution in [-0.2, 0) is 30.8 Å². The van der Waals surface area contributed by atoms with Gasteiger partial charge in [0.15, 0.2) is 4.80 Å². The van der Waals surface area contributed by atoms with Crippen molar-refractivity contribution in [2.75, 3.05) is 39.9 Å². The number of fused-ring (bicyclic) bond motifs is 1. The van der Waals surface area contributed by atoms with Gasteiger partial charge in [-0.15, -0.1) is 0 Å². The molecule has 0 atom stereocenters. The lowest BCUT2D eigenvalue weighted by Gasteiger charge is -2.33. The number of amides is 2. The molecule has 0 spiro atoms. The van der Waals surface area contributed by atoms with Gasteiger partial charge in [-0.25, -0.2) is 13.2 Å². The van der Waals surface area contributed by atoms with Crippen LogP contribution in [0.2, 0.25) is 0 Å². The third-order valence-corrected chi connectivity index (χ3v) is 9.27. The molecule has 0 N–H and O–H groups in total. The van der Waals surface area contributed by atoms with E-state index >= 15 is 0 Å². The number of aryl methyl sites for hydroxylation is 2. The number of thiazole rings is 1. The molecule has 0 radical (unpaired) electrons. The zero-order chi connectivity index (χ0) is 28.3. The molecule has 1 aliphatic rings. The lowest BCUT2D eigenvalue weighted by molar-refractivity contribution is -0.141. The van der Waals surface area contributed by atoms with Crippen molar-refractivity contribution in [3.63, 3.8) is 0 Å². The van der Waals surface area contributed by atoms with Crippen LogP contribution in [0.25, 0.3) is 10.2 Å². The van der Waals surface area contributed by atoms with Gasteiger partial charge in [-0.2, -0.15) is 9.30 Å². The van der Waals surface area contributed by atoms with Crippen molar-refractivity contribution < 1.29 is 32.3 Å². The molecule has 0 saturated carbocycles. The molecule has 1 aromatic heterocycles. The van der Waals surface area contributed by atoms with Crippen LogP contribution in [0.15, 0.2) is 46.3 Å². The van der Waals surface area contributed by atoms with Crippen molar-refractivity contribution in [1.82, 2.24) is 13.8 Å². The van der Waals surface area contributed by atoms with E-state index in [1.54, 1.807) is 11.5 Å². The number of sulfonamides is 1. The van der Waals surface area contributed by atoms with Gasteiger partial charge in [0.25, 0.3) is 5.91 Å². The highest BCUT2D eigenvalue weighted by Gasteiger charge is 2.30. The highest BCUT2D eigenvalue weighted by molar-refractivity contribution is 7.89. The number of ether oxygens (including phenoxy) is 2. The van der Waals surface area contributed by atoms with Gasteiger partial charge in [0.1, 0.15) is 6.54 Å². The first-order chi connectivity index (χ1) is 18.5. The maximum absolute atomic E-state index is 13.1. The fourth-order valence-electron chi connectivity index (χ4n) is 4.41. The molecule has 0 bridgehead atoms. The summed E-state index contributed by atoms with van der Waals surface area (Å²) in [5, 5.41) is 0. The van der Waals surface area contributed by atoms with Gasteiger partial charge in [0, 0.05) is 31.7 Å². The minimum absolute atomic E-state index is 0.0392. The van der Waals surface area contributed by atoms with Crippen LogP contribution in [-0.4, -0.2) is 80.1 Å². The largest absolute Gasteiger partial charge is 0.468 e. The van der Waals surface area contributed by atoms with E-state index in [1.165, 1.54) is 51.9 Å². The Bertz CT molecular complexity index is 1580. The maximum Gasteiger partial charge on any atom is 0.409 e. The number of esters is 1. The smallest absolute Gasteiger partial charge is 0.409 e. The summed E-state index contributed by atoms with van der Waals surface area (Å²) in [7, 11) is -2.52. The normalized spacial score (nSPS) is 15.0. The second-order valence-corrected chi connectivity index (χ2v) is 12.0. The molecular formula is C26H30N4O7S2. The number of rotatable bonds is 6. The topological polar surface area (TPSA) is 128 Å². The van der Waals surface area contributed by atoms with E-state index < -0.39 is 28.0 Å². The molecule has 2 heterocycles. The van der Waals surface area contributed by atoms with Crippen molar-refractivity contribution in [3.8, 4) is 0 Å². The number of aromatic nitrogens is 1. The predicted molar refractivity (Wildman–Crippen MR) is 145 cm³/mol.